The average molecular weight is 238 g/mol. The van der Waals surface area contributed by atoms with Gasteiger partial charge in [0.05, 0.1) is 19.3 Å². The van der Waals surface area contributed by atoms with Gasteiger partial charge in [0.25, 0.3) is 0 Å². The van der Waals surface area contributed by atoms with Crippen LogP contribution in [-0.4, -0.2) is 34.5 Å². The van der Waals surface area contributed by atoms with Crippen LogP contribution in [0.3, 0.4) is 0 Å². The second-order valence-electron chi connectivity index (χ2n) is 4.86. The van der Waals surface area contributed by atoms with Gasteiger partial charge < -0.3 is 20.1 Å². The standard InChI is InChI=1S/C13H22N2O2/c1-14-13-5-3-2-4-10-6-15(8-12(10)13)7-11(17)9-16/h6,8,11,13-14,16-17H,2-5,7,9H2,1H3. The summed E-state index contributed by atoms with van der Waals surface area (Å²) in [6.45, 7) is 0.290. The monoisotopic (exact) mass is 238 g/mol. The Labute approximate surface area is 102 Å². The summed E-state index contributed by atoms with van der Waals surface area (Å²) in [7, 11) is 2.00. The first-order chi connectivity index (χ1) is 8.24. The maximum absolute atomic E-state index is 9.46. The van der Waals surface area contributed by atoms with Crippen molar-refractivity contribution < 1.29 is 10.2 Å². The van der Waals surface area contributed by atoms with Crippen molar-refractivity contribution in [3.63, 3.8) is 0 Å². The van der Waals surface area contributed by atoms with Crippen LogP contribution in [0, 0.1) is 0 Å². The molecule has 4 heteroatoms. The Morgan fingerprint density at radius 1 is 1.47 bits per heavy atom. The molecule has 0 fully saturated rings. The topological polar surface area (TPSA) is 57.4 Å². The van der Waals surface area contributed by atoms with Gasteiger partial charge >= 0.3 is 0 Å². The maximum Gasteiger partial charge on any atom is 0.0949 e. The number of hydrogen-bond donors (Lipinski definition) is 3. The molecule has 0 radical (unpaired) electrons. The summed E-state index contributed by atoms with van der Waals surface area (Å²) < 4.78 is 2.00. The molecule has 0 aliphatic heterocycles. The summed E-state index contributed by atoms with van der Waals surface area (Å²) in [6.07, 6.45) is 8.35. The van der Waals surface area contributed by atoms with E-state index in [1.807, 2.05) is 11.6 Å². The van der Waals surface area contributed by atoms with E-state index in [2.05, 4.69) is 17.7 Å². The Morgan fingerprint density at radius 2 is 2.29 bits per heavy atom. The fourth-order valence-corrected chi connectivity index (χ4v) is 2.62. The molecule has 17 heavy (non-hydrogen) atoms. The lowest BCUT2D eigenvalue weighted by atomic mass is 10.1. The smallest absolute Gasteiger partial charge is 0.0949 e. The molecule has 1 aliphatic rings. The number of nitrogens with one attached hydrogen (secondary N) is 1. The lowest BCUT2D eigenvalue weighted by Crippen LogP contribution is -2.19. The van der Waals surface area contributed by atoms with Crippen molar-refractivity contribution in [2.75, 3.05) is 13.7 Å². The second-order valence-corrected chi connectivity index (χ2v) is 4.86. The summed E-state index contributed by atoms with van der Waals surface area (Å²) in [5.74, 6) is 0. The largest absolute Gasteiger partial charge is 0.394 e. The SMILES string of the molecule is CNC1CCCCc2cn(CC(O)CO)cc21. The van der Waals surface area contributed by atoms with Gasteiger partial charge in [0.15, 0.2) is 0 Å². The molecule has 3 N–H and O–H groups in total. The highest BCUT2D eigenvalue weighted by Crippen LogP contribution is 2.29. The van der Waals surface area contributed by atoms with E-state index in [4.69, 9.17) is 5.11 Å². The fraction of sp³-hybridized carbons (Fsp3) is 0.692. The normalized spacial score (nSPS) is 21.9. The predicted octanol–water partition coefficient (Wildman–Crippen LogP) is 0.828. The van der Waals surface area contributed by atoms with E-state index in [-0.39, 0.29) is 6.61 Å². The van der Waals surface area contributed by atoms with E-state index in [0.29, 0.717) is 12.6 Å². The third-order valence-corrected chi connectivity index (χ3v) is 3.54. The Kier molecular flexibility index (Phi) is 4.20. The molecular weight excluding hydrogens is 216 g/mol. The van der Waals surface area contributed by atoms with Crippen LogP contribution in [-0.2, 0) is 13.0 Å². The van der Waals surface area contributed by atoms with E-state index in [9.17, 15) is 5.11 Å². The molecule has 1 aromatic rings. The van der Waals surface area contributed by atoms with E-state index in [1.165, 1.54) is 30.4 Å². The van der Waals surface area contributed by atoms with Crippen LogP contribution in [0.4, 0.5) is 0 Å². The summed E-state index contributed by atoms with van der Waals surface area (Å²) in [5.41, 5.74) is 2.74. The number of aliphatic hydroxyl groups is 2. The number of nitrogens with zero attached hydrogens (tertiary/aromatic N) is 1. The quantitative estimate of drug-likeness (QED) is 0.681. The van der Waals surface area contributed by atoms with Gasteiger partial charge in [-0.3, -0.25) is 0 Å². The highest BCUT2D eigenvalue weighted by Gasteiger charge is 2.19. The van der Waals surface area contributed by atoms with E-state index in [0.717, 1.165) is 6.42 Å². The van der Waals surface area contributed by atoms with E-state index < -0.39 is 6.10 Å². The first kappa shape index (κ1) is 12.6. The van der Waals surface area contributed by atoms with Crippen LogP contribution in [0.5, 0.6) is 0 Å². The molecule has 2 unspecified atom stereocenters. The van der Waals surface area contributed by atoms with Gasteiger partial charge in [-0.15, -0.1) is 0 Å². The molecule has 0 aromatic carbocycles. The Bertz CT molecular complexity index is 362. The van der Waals surface area contributed by atoms with Gasteiger partial charge in [0, 0.05) is 18.4 Å². The molecule has 1 aliphatic carbocycles. The number of rotatable bonds is 4. The van der Waals surface area contributed by atoms with Crippen molar-refractivity contribution in [2.24, 2.45) is 0 Å². The van der Waals surface area contributed by atoms with Crippen molar-refractivity contribution in [2.45, 2.75) is 44.4 Å². The molecule has 0 spiro atoms. The minimum Gasteiger partial charge on any atom is -0.394 e. The van der Waals surface area contributed by atoms with Crippen molar-refractivity contribution in [3.05, 3.63) is 23.5 Å². The number of hydrogen-bond acceptors (Lipinski definition) is 3. The summed E-state index contributed by atoms with van der Waals surface area (Å²) in [6, 6.07) is 0.431. The molecule has 2 rings (SSSR count). The lowest BCUT2D eigenvalue weighted by molar-refractivity contribution is 0.0812. The van der Waals surface area contributed by atoms with E-state index >= 15 is 0 Å². The van der Waals surface area contributed by atoms with Gasteiger partial charge in [0.1, 0.15) is 0 Å². The molecule has 1 heterocycles. The van der Waals surface area contributed by atoms with Gasteiger partial charge in [-0.2, -0.15) is 0 Å². The molecule has 0 saturated carbocycles. The Balaban J connectivity index is 2.17. The van der Waals surface area contributed by atoms with Crippen LogP contribution in [0.2, 0.25) is 0 Å². The van der Waals surface area contributed by atoms with Crippen LogP contribution in [0.1, 0.15) is 36.4 Å². The molecule has 2 atom stereocenters. The Morgan fingerprint density at radius 3 is 3.00 bits per heavy atom. The summed E-state index contributed by atoms with van der Waals surface area (Å²) in [5, 5.41) is 21.7. The van der Waals surface area contributed by atoms with E-state index in [1.54, 1.807) is 0 Å². The molecule has 0 amide bonds. The minimum atomic E-state index is -0.668. The number of aromatic nitrogens is 1. The minimum absolute atomic E-state index is 0.182. The number of aryl methyl sites for hydroxylation is 1. The molecule has 0 bridgehead atoms. The maximum atomic E-state index is 9.46. The van der Waals surface area contributed by atoms with Gasteiger partial charge in [-0.25, -0.2) is 0 Å². The zero-order valence-electron chi connectivity index (χ0n) is 10.4. The zero-order valence-corrected chi connectivity index (χ0v) is 10.4. The molecule has 0 saturated heterocycles. The molecule has 1 aromatic heterocycles. The van der Waals surface area contributed by atoms with Gasteiger partial charge in [-0.1, -0.05) is 6.42 Å². The van der Waals surface area contributed by atoms with Crippen molar-refractivity contribution >= 4 is 0 Å². The van der Waals surface area contributed by atoms with Crippen LogP contribution >= 0.6 is 0 Å². The van der Waals surface area contributed by atoms with Gasteiger partial charge in [-0.05, 0) is 37.4 Å². The van der Waals surface area contributed by atoms with Gasteiger partial charge in [0.2, 0.25) is 0 Å². The van der Waals surface area contributed by atoms with Crippen LogP contribution in [0.25, 0.3) is 0 Å². The average Bonchev–Trinajstić information content (AvgIpc) is 2.62. The molecular formula is C13H22N2O2. The summed E-state index contributed by atoms with van der Waals surface area (Å²) >= 11 is 0. The van der Waals surface area contributed by atoms with Crippen molar-refractivity contribution in [1.82, 2.24) is 9.88 Å². The van der Waals surface area contributed by atoms with Crippen LogP contribution in [0.15, 0.2) is 12.4 Å². The summed E-state index contributed by atoms with van der Waals surface area (Å²) in [4.78, 5) is 0. The Hall–Kier alpha value is -0.840. The highest BCUT2D eigenvalue weighted by atomic mass is 16.3. The fourth-order valence-electron chi connectivity index (χ4n) is 2.62. The number of aliphatic hydroxyl groups excluding tert-OH is 2. The first-order valence-electron chi connectivity index (χ1n) is 6.39. The first-order valence-corrected chi connectivity index (χ1v) is 6.39. The predicted molar refractivity (Wildman–Crippen MR) is 66.9 cm³/mol. The highest BCUT2D eigenvalue weighted by molar-refractivity contribution is 5.29. The molecule has 4 nitrogen and oxygen atoms in total. The van der Waals surface area contributed by atoms with Crippen molar-refractivity contribution in [1.29, 1.82) is 0 Å². The molecule has 96 valence electrons. The lowest BCUT2D eigenvalue weighted by Gasteiger charge is -2.13. The second kappa shape index (κ2) is 5.67. The van der Waals surface area contributed by atoms with Crippen LogP contribution < -0.4 is 5.32 Å². The number of fused-ring (bicyclic) bond motifs is 1. The zero-order chi connectivity index (χ0) is 12.3. The third-order valence-electron chi connectivity index (χ3n) is 3.54. The van der Waals surface area contributed by atoms with Crippen molar-refractivity contribution in [3.8, 4) is 0 Å². The third kappa shape index (κ3) is 2.89.